The highest BCUT2D eigenvalue weighted by molar-refractivity contribution is 14.0. The number of halogens is 1. The minimum absolute atomic E-state index is 0. The van der Waals surface area contributed by atoms with Crippen LogP contribution in [0.1, 0.15) is 24.3 Å². The number of hydrogen-bond acceptors (Lipinski definition) is 3. The Bertz CT molecular complexity index is 895. The zero-order valence-corrected chi connectivity index (χ0v) is 19.2. The average molecular weight is 511 g/mol. The molecule has 0 aliphatic heterocycles. The van der Waals surface area contributed by atoms with Crippen molar-refractivity contribution in [3.63, 3.8) is 0 Å². The molecule has 0 fully saturated rings. The molecule has 0 bridgehead atoms. The first-order valence-electron chi connectivity index (χ1n) is 9.00. The maximum absolute atomic E-state index is 12.2. The molecule has 0 aliphatic carbocycles. The minimum Gasteiger partial charge on any atom is -0.459 e. The summed E-state index contributed by atoms with van der Waals surface area (Å²) in [5, 5.41) is 7.62. The zero-order chi connectivity index (χ0) is 19.1. The Labute approximate surface area is 185 Å². The summed E-state index contributed by atoms with van der Waals surface area (Å²) in [5.41, 5.74) is 1.97. The van der Waals surface area contributed by atoms with E-state index in [0.717, 1.165) is 22.3 Å². The topological polar surface area (TPSA) is 66.6 Å². The van der Waals surface area contributed by atoms with E-state index in [9.17, 15) is 4.21 Å². The summed E-state index contributed by atoms with van der Waals surface area (Å²) in [4.78, 5) is 4.24. The summed E-state index contributed by atoms with van der Waals surface area (Å²) >= 11 is 0. The van der Waals surface area contributed by atoms with Gasteiger partial charge in [0.2, 0.25) is 0 Å². The van der Waals surface area contributed by atoms with Crippen LogP contribution >= 0.6 is 24.0 Å². The van der Waals surface area contributed by atoms with E-state index in [2.05, 4.69) is 15.6 Å². The number of para-hydroxylation sites is 1. The molecule has 0 aliphatic rings. The predicted molar refractivity (Wildman–Crippen MR) is 128 cm³/mol. The molecule has 150 valence electrons. The molecule has 2 unspecified atom stereocenters. The molecule has 0 saturated carbocycles. The fourth-order valence-corrected chi connectivity index (χ4v) is 3.84. The third kappa shape index (κ3) is 6.34. The van der Waals surface area contributed by atoms with Crippen LogP contribution in [0.15, 0.2) is 70.1 Å². The van der Waals surface area contributed by atoms with Crippen molar-refractivity contribution in [1.82, 2.24) is 10.6 Å². The average Bonchev–Trinajstić information content (AvgIpc) is 3.12. The summed E-state index contributed by atoms with van der Waals surface area (Å²) in [6.07, 6.45) is 0. The number of aliphatic imine (C=N–C) groups is 1. The smallest absolute Gasteiger partial charge is 0.191 e. The first-order chi connectivity index (χ1) is 13.2. The van der Waals surface area contributed by atoms with Crippen molar-refractivity contribution >= 4 is 51.7 Å². The molecule has 1 heterocycles. The molecule has 0 amide bonds. The number of rotatable bonds is 7. The van der Waals surface area contributed by atoms with Crippen LogP contribution in [0, 0.1) is 0 Å². The van der Waals surface area contributed by atoms with Crippen molar-refractivity contribution in [2.45, 2.75) is 18.7 Å². The zero-order valence-electron chi connectivity index (χ0n) is 16.1. The van der Waals surface area contributed by atoms with Gasteiger partial charge in [0, 0.05) is 41.3 Å². The molecule has 0 spiro atoms. The summed E-state index contributed by atoms with van der Waals surface area (Å²) in [7, 11) is 0.811. The van der Waals surface area contributed by atoms with Gasteiger partial charge in [-0.15, -0.1) is 24.0 Å². The van der Waals surface area contributed by atoms with E-state index in [4.69, 9.17) is 4.42 Å². The van der Waals surface area contributed by atoms with Gasteiger partial charge in [-0.2, -0.15) is 0 Å². The quantitative estimate of drug-likeness (QED) is 0.283. The molecule has 0 radical (unpaired) electrons. The Kier molecular flexibility index (Phi) is 8.98. The molecule has 28 heavy (non-hydrogen) atoms. The van der Waals surface area contributed by atoms with Crippen LogP contribution in [0.4, 0.5) is 0 Å². The molecule has 2 N–H and O–H groups in total. The van der Waals surface area contributed by atoms with Crippen molar-refractivity contribution in [3.8, 4) is 0 Å². The first-order valence-corrected chi connectivity index (χ1v) is 10.5. The third-order valence-electron chi connectivity index (χ3n) is 4.24. The predicted octanol–water partition coefficient (Wildman–Crippen LogP) is 4.23. The highest BCUT2D eigenvalue weighted by Crippen LogP contribution is 2.23. The Balaban J connectivity index is 0.00000280. The Morgan fingerprint density at radius 1 is 1.14 bits per heavy atom. The number of furan rings is 1. The highest BCUT2D eigenvalue weighted by atomic mass is 127. The van der Waals surface area contributed by atoms with Gasteiger partial charge >= 0.3 is 0 Å². The molecule has 3 aromatic rings. The van der Waals surface area contributed by atoms with E-state index in [1.54, 1.807) is 7.05 Å². The molecule has 7 heteroatoms. The summed E-state index contributed by atoms with van der Waals surface area (Å²) in [6.45, 7) is 2.62. The van der Waals surface area contributed by atoms with Crippen LogP contribution in [0.2, 0.25) is 0 Å². The van der Waals surface area contributed by atoms with Crippen molar-refractivity contribution in [2.75, 3.05) is 19.3 Å². The highest BCUT2D eigenvalue weighted by Gasteiger charge is 2.13. The summed E-state index contributed by atoms with van der Waals surface area (Å²) in [5.74, 6) is 2.66. The second-order valence-corrected chi connectivity index (χ2v) is 7.90. The number of guanidine groups is 1. The van der Waals surface area contributed by atoms with Gasteiger partial charge in [-0.25, -0.2) is 0 Å². The summed E-state index contributed by atoms with van der Waals surface area (Å²) in [6, 6.07) is 19.9. The van der Waals surface area contributed by atoms with Gasteiger partial charge < -0.3 is 15.1 Å². The van der Waals surface area contributed by atoms with Crippen molar-refractivity contribution in [3.05, 3.63) is 72.0 Å². The SMILES string of the molecule is CN=C(NCCS(=O)Cc1ccccc1)NC(C)c1cc2ccccc2o1.I. The monoisotopic (exact) mass is 511 g/mol. The van der Waals surface area contributed by atoms with Gasteiger partial charge in [-0.1, -0.05) is 48.5 Å². The second kappa shape index (κ2) is 11.2. The number of fused-ring (bicyclic) bond motifs is 1. The Hall–Kier alpha value is -1.87. The fraction of sp³-hybridized carbons (Fsp3) is 0.286. The van der Waals surface area contributed by atoms with E-state index in [1.165, 1.54) is 0 Å². The lowest BCUT2D eigenvalue weighted by Crippen LogP contribution is -2.40. The van der Waals surface area contributed by atoms with Crippen LogP contribution in [-0.4, -0.2) is 29.5 Å². The first kappa shape index (κ1) is 22.4. The Morgan fingerprint density at radius 2 is 1.86 bits per heavy atom. The van der Waals surface area contributed by atoms with Crippen LogP contribution in [-0.2, 0) is 16.6 Å². The van der Waals surface area contributed by atoms with E-state index in [1.807, 2.05) is 67.6 Å². The van der Waals surface area contributed by atoms with Gasteiger partial charge in [-0.3, -0.25) is 9.20 Å². The Morgan fingerprint density at radius 3 is 2.57 bits per heavy atom. The van der Waals surface area contributed by atoms with Gasteiger partial charge in [0.05, 0.1) is 6.04 Å². The molecule has 2 aromatic carbocycles. The van der Waals surface area contributed by atoms with E-state index >= 15 is 0 Å². The van der Waals surface area contributed by atoms with E-state index in [0.29, 0.717) is 24.0 Å². The van der Waals surface area contributed by atoms with Gasteiger partial charge in [-0.05, 0) is 24.6 Å². The maximum Gasteiger partial charge on any atom is 0.191 e. The molecule has 2 atom stereocenters. The summed E-state index contributed by atoms with van der Waals surface area (Å²) < 4.78 is 18.1. The molecular weight excluding hydrogens is 485 g/mol. The third-order valence-corrected chi connectivity index (χ3v) is 5.56. The van der Waals surface area contributed by atoms with E-state index < -0.39 is 10.8 Å². The number of benzene rings is 2. The molecule has 5 nitrogen and oxygen atoms in total. The molecular formula is C21H26IN3O2S. The van der Waals surface area contributed by atoms with Crippen molar-refractivity contribution < 1.29 is 8.63 Å². The molecule has 1 aromatic heterocycles. The lowest BCUT2D eigenvalue weighted by atomic mass is 10.2. The lowest BCUT2D eigenvalue weighted by molar-refractivity contribution is 0.489. The number of nitrogens with one attached hydrogen (secondary N) is 2. The largest absolute Gasteiger partial charge is 0.459 e. The standard InChI is InChI=1S/C21H25N3O2S.HI/c1-16(20-14-18-10-6-7-11-19(18)26-20)24-21(22-2)23-12-13-27(25)15-17-8-4-3-5-9-17;/h3-11,14,16H,12-13,15H2,1-2H3,(H2,22,23,24);1H. The minimum atomic E-state index is -0.912. The fourth-order valence-electron chi connectivity index (χ4n) is 2.80. The molecule has 3 rings (SSSR count). The van der Waals surface area contributed by atoms with Gasteiger partial charge in [0.25, 0.3) is 0 Å². The van der Waals surface area contributed by atoms with Crippen LogP contribution < -0.4 is 10.6 Å². The van der Waals surface area contributed by atoms with Gasteiger partial charge in [0.15, 0.2) is 5.96 Å². The van der Waals surface area contributed by atoms with E-state index in [-0.39, 0.29) is 30.0 Å². The van der Waals surface area contributed by atoms with Crippen LogP contribution in [0.25, 0.3) is 11.0 Å². The normalized spacial score (nSPS) is 13.6. The molecule has 0 saturated heterocycles. The second-order valence-electron chi connectivity index (χ2n) is 6.33. The van der Waals surface area contributed by atoms with Crippen molar-refractivity contribution in [1.29, 1.82) is 0 Å². The van der Waals surface area contributed by atoms with Crippen LogP contribution in [0.5, 0.6) is 0 Å². The maximum atomic E-state index is 12.2. The van der Waals surface area contributed by atoms with Crippen LogP contribution in [0.3, 0.4) is 0 Å². The number of nitrogens with zero attached hydrogens (tertiary/aromatic N) is 1. The van der Waals surface area contributed by atoms with Gasteiger partial charge in [0.1, 0.15) is 11.3 Å². The number of hydrogen-bond donors (Lipinski definition) is 2. The lowest BCUT2D eigenvalue weighted by Gasteiger charge is -2.16. The van der Waals surface area contributed by atoms with Crippen molar-refractivity contribution in [2.24, 2.45) is 4.99 Å².